The fraction of sp³-hybridized carbons (Fsp3) is 0. The van der Waals surface area contributed by atoms with Crippen LogP contribution in [0.15, 0.2) is 45.3 Å². The van der Waals surface area contributed by atoms with Crippen LogP contribution in [0.25, 0.3) is 0 Å². The van der Waals surface area contributed by atoms with Crippen molar-refractivity contribution in [3.63, 3.8) is 0 Å². The Morgan fingerprint density at radius 2 is 1.58 bits per heavy atom. The van der Waals surface area contributed by atoms with E-state index in [0.717, 1.165) is 4.47 Å². The van der Waals surface area contributed by atoms with Crippen molar-refractivity contribution in [2.75, 3.05) is 5.32 Å². The van der Waals surface area contributed by atoms with E-state index in [1.165, 1.54) is 0 Å². The summed E-state index contributed by atoms with van der Waals surface area (Å²) >= 11 is 18.4. The number of carbonyl (C=O) groups is 1. The van der Waals surface area contributed by atoms with E-state index < -0.39 is 0 Å². The van der Waals surface area contributed by atoms with E-state index in [4.69, 9.17) is 23.2 Å². The number of nitrogens with one attached hydrogen (secondary N) is 1. The molecule has 0 unspecified atom stereocenters. The summed E-state index contributed by atoms with van der Waals surface area (Å²) in [6, 6.07) is 10.2. The topological polar surface area (TPSA) is 29.1 Å². The Bertz CT molecular complexity index is 647. The van der Waals surface area contributed by atoms with Crippen LogP contribution in [-0.2, 0) is 0 Å². The normalized spacial score (nSPS) is 10.3. The van der Waals surface area contributed by atoms with Crippen LogP contribution in [0.5, 0.6) is 0 Å². The molecular formula is C13H7Br2Cl2NO. The minimum atomic E-state index is -0.244. The molecule has 2 aromatic carbocycles. The molecule has 0 spiro atoms. The van der Waals surface area contributed by atoms with E-state index in [0.29, 0.717) is 25.8 Å². The number of anilines is 1. The summed E-state index contributed by atoms with van der Waals surface area (Å²) in [6.45, 7) is 0. The summed E-state index contributed by atoms with van der Waals surface area (Å²) < 4.78 is 1.39. The molecule has 98 valence electrons. The number of benzene rings is 2. The summed E-state index contributed by atoms with van der Waals surface area (Å²) in [6.07, 6.45) is 0. The van der Waals surface area contributed by atoms with Crippen LogP contribution in [0.3, 0.4) is 0 Å². The molecule has 0 radical (unpaired) electrons. The molecule has 0 heterocycles. The van der Waals surface area contributed by atoms with E-state index in [1.54, 1.807) is 36.4 Å². The molecule has 0 aliphatic carbocycles. The average Bonchev–Trinajstić information content (AvgIpc) is 2.33. The zero-order valence-corrected chi connectivity index (χ0v) is 14.1. The summed E-state index contributed by atoms with van der Waals surface area (Å²) in [5, 5.41) is 3.90. The Morgan fingerprint density at radius 3 is 2.26 bits per heavy atom. The quantitative estimate of drug-likeness (QED) is 0.652. The zero-order chi connectivity index (χ0) is 14.0. The maximum absolute atomic E-state index is 12.2. The fourth-order valence-corrected chi connectivity index (χ4v) is 2.84. The van der Waals surface area contributed by atoms with Crippen molar-refractivity contribution in [3.05, 3.63) is 61.0 Å². The molecule has 0 saturated carbocycles. The second-order valence-corrected chi connectivity index (χ2v) is 6.28. The van der Waals surface area contributed by atoms with Crippen molar-refractivity contribution in [1.82, 2.24) is 0 Å². The van der Waals surface area contributed by atoms with E-state index in [2.05, 4.69) is 37.2 Å². The highest BCUT2D eigenvalue weighted by Crippen LogP contribution is 2.28. The number of carbonyl (C=O) groups excluding carboxylic acids is 1. The summed E-state index contributed by atoms with van der Waals surface area (Å²) in [5.41, 5.74) is 1.11. The molecule has 0 bridgehead atoms. The van der Waals surface area contributed by atoms with E-state index in [-0.39, 0.29) is 5.91 Å². The molecule has 2 rings (SSSR count). The highest BCUT2D eigenvalue weighted by Gasteiger charge is 2.12. The minimum absolute atomic E-state index is 0.244. The monoisotopic (exact) mass is 421 g/mol. The third kappa shape index (κ3) is 3.72. The SMILES string of the molecule is O=C(Nc1cc(Cl)ccc1Br)c1ccc(Cl)cc1Br. The predicted octanol–water partition coefficient (Wildman–Crippen LogP) is 5.77. The highest BCUT2D eigenvalue weighted by molar-refractivity contribution is 9.11. The Balaban J connectivity index is 2.28. The first-order chi connectivity index (χ1) is 8.97. The smallest absolute Gasteiger partial charge is 0.256 e. The van der Waals surface area contributed by atoms with Gasteiger partial charge in [0.1, 0.15) is 0 Å². The van der Waals surface area contributed by atoms with Crippen LogP contribution in [0.4, 0.5) is 5.69 Å². The third-order valence-corrected chi connectivity index (χ3v) is 4.17. The van der Waals surface area contributed by atoms with Crippen molar-refractivity contribution < 1.29 is 4.79 Å². The lowest BCUT2D eigenvalue weighted by Crippen LogP contribution is -2.12. The van der Waals surface area contributed by atoms with Gasteiger partial charge in [0.2, 0.25) is 0 Å². The van der Waals surface area contributed by atoms with Crippen LogP contribution >= 0.6 is 55.1 Å². The van der Waals surface area contributed by atoms with Gasteiger partial charge in [0.15, 0.2) is 0 Å². The van der Waals surface area contributed by atoms with E-state index in [9.17, 15) is 4.79 Å². The second kappa shape index (κ2) is 6.27. The molecule has 0 fully saturated rings. The van der Waals surface area contributed by atoms with Gasteiger partial charge in [0.05, 0.1) is 11.3 Å². The molecule has 2 nitrogen and oxygen atoms in total. The summed E-state index contributed by atoms with van der Waals surface area (Å²) in [4.78, 5) is 12.2. The van der Waals surface area contributed by atoms with Gasteiger partial charge in [-0.1, -0.05) is 23.2 Å². The molecule has 0 aromatic heterocycles. The average molecular weight is 424 g/mol. The number of hydrogen-bond acceptors (Lipinski definition) is 1. The zero-order valence-electron chi connectivity index (χ0n) is 9.38. The molecule has 0 atom stereocenters. The van der Waals surface area contributed by atoms with Crippen molar-refractivity contribution >= 4 is 66.7 Å². The lowest BCUT2D eigenvalue weighted by atomic mass is 10.2. The predicted molar refractivity (Wildman–Crippen MR) is 86.3 cm³/mol. The Morgan fingerprint density at radius 1 is 0.947 bits per heavy atom. The van der Waals surface area contributed by atoms with Gasteiger partial charge in [0, 0.05) is 19.0 Å². The number of rotatable bonds is 2. The Labute approximate surface area is 137 Å². The Hall–Kier alpha value is -0.550. The summed E-state index contributed by atoms with van der Waals surface area (Å²) in [7, 11) is 0. The van der Waals surface area contributed by atoms with Crippen LogP contribution in [-0.4, -0.2) is 5.91 Å². The molecule has 0 saturated heterocycles. The van der Waals surface area contributed by atoms with Crippen LogP contribution in [0.2, 0.25) is 10.0 Å². The van der Waals surface area contributed by atoms with Crippen LogP contribution in [0.1, 0.15) is 10.4 Å². The maximum atomic E-state index is 12.2. The van der Waals surface area contributed by atoms with Crippen LogP contribution < -0.4 is 5.32 Å². The lowest BCUT2D eigenvalue weighted by Gasteiger charge is -2.09. The molecular weight excluding hydrogens is 417 g/mol. The van der Waals surface area contributed by atoms with Gasteiger partial charge in [-0.05, 0) is 68.3 Å². The van der Waals surface area contributed by atoms with Crippen LogP contribution in [0, 0.1) is 0 Å². The molecule has 2 aromatic rings. The number of halogens is 4. The Kier molecular flexibility index (Phi) is 4.90. The minimum Gasteiger partial charge on any atom is -0.321 e. The maximum Gasteiger partial charge on any atom is 0.256 e. The molecule has 6 heteroatoms. The van der Waals surface area contributed by atoms with Crippen molar-refractivity contribution in [2.45, 2.75) is 0 Å². The largest absolute Gasteiger partial charge is 0.321 e. The van der Waals surface area contributed by atoms with Gasteiger partial charge in [0.25, 0.3) is 5.91 Å². The molecule has 1 amide bonds. The van der Waals surface area contributed by atoms with Gasteiger partial charge in [-0.2, -0.15) is 0 Å². The standard InChI is InChI=1S/C13H7Br2Cl2NO/c14-10-4-2-8(17)6-12(10)18-13(19)9-3-1-7(16)5-11(9)15/h1-6H,(H,18,19). The van der Waals surface area contributed by atoms with Gasteiger partial charge >= 0.3 is 0 Å². The van der Waals surface area contributed by atoms with Gasteiger partial charge in [-0.3, -0.25) is 4.79 Å². The van der Waals surface area contributed by atoms with Crippen molar-refractivity contribution in [3.8, 4) is 0 Å². The highest BCUT2D eigenvalue weighted by atomic mass is 79.9. The van der Waals surface area contributed by atoms with Crippen molar-refractivity contribution in [2.24, 2.45) is 0 Å². The molecule has 0 aliphatic heterocycles. The van der Waals surface area contributed by atoms with E-state index >= 15 is 0 Å². The molecule has 19 heavy (non-hydrogen) atoms. The first-order valence-corrected chi connectivity index (χ1v) is 7.53. The van der Waals surface area contributed by atoms with Gasteiger partial charge in [-0.15, -0.1) is 0 Å². The van der Waals surface area contributed by atoms with Crippen molar-refractivity contribution in [1.29, 1.82) is 0 Å². The lowest BCUT2D eigenvalue weighted by molar-refractivity contribution is 0.102. The summed E-state index contributed by atoms with van der Waals surface area (Å²) in [5.74, 6) is -0.244. The first kappa shape index (κ1) is 14.9. The molecule has 0 aliphatic rings. The fourth-order valence-electron chi connectivity index (χ4n) is 1.46. The number of hydrogen-bond donors (Lipinski definition) is 1. The van der Waals surface area contributed by atoms with Gasteiger partial charge < -0.3 is 5.32 Å². The third-order valence-electron chi connectivity index (χ3n) is 2.35. The first-order valence-electron chi connectivity index (χ1n) is 5.19. The van der Waals surface area contributed by atoms with Gasteiger partial charge in [-0.25, -0.2) is 0 Å². The molecule has 1 N–H and O–H groups in total. The number of amides is 1. The second-order valence-electron chi connectivity index (χ2n) is 3.70. The van der Waals surface area contributed by atoms with E-state index in [1.807, 2.05) is 0 Å².